The fraction of sp³-hybridized carbons (Fsp3) is 0.143. The van der Waals surface area contributed by atoms with Crippen LogP contribution in [0.5, 0.6) is 0 Å². The number of esters is 1. The molecule has 0 saturated carbocycles. The van der Waals surface area contributed by atoms with Crippen molar-refractivity contribution in [1.29, 1.82) is 0 Å². The van der Waals surface area contributed by atoms with E-state index in [1.165, 1.54) is 18.2 Å². The van der Waals surface area contributed by atoms with Gasteiger partial charge in [-0.15, -0.1) is 0 Å². The number of benzene rings is 1. The van der Waals surface area contributed by atoms with Crippen LogP contribution in [-0.4, -0.2) is 42.4 Å². The van der Waals surface area contributed by atoms with Crippen molar-refractivity contribution in [2.45, 2.75) is 0 Å². The summed E-state index contributed by atoms with van der Waals surface area (Å²) in [6, 6.07) is 3.34. The van der Waals surface area contributed by atoms with Crippen LogP contribution >= 0.6 is 23.2 Å². The van der Waals surface area contributed by atoms with Crippen molar-refractivity contribution in [3.05, 3.63) is 40.4 Å². The Morgan fingerprint density at radius 3 is 2.30 bits per heavy atom. The van der Waals surface area contributed by atoms with Gasteiger partial charge < -0.3 is 4.74 Å². The number of urea groups is 1. The number of anilines is 1. The molecule has 23 heavy (non-hydrogen) atoms. The molecule has 9 heteroatoms. The maximum absolute atomic E-state index is 12.3. The third-order valence-electron chi connectivity index (χ3n) is 2.90. The largest absolute Gasteiger partial charge is 0.466 e. The summed E-state index contributed by atoms with van der Waals surface area (Å²) in [4.78, 5) is 48.7. The molecule has 1 aromatic rings. The Hall–Kier alpha value is -2.38. The number of hydrogen-bond acceptors (Lipinski definition) is 5. The molecule has 1 heterocycles. The standard InChI is InChI=1S/C14H10Cl2N2O5/c1-23-13(21)3-2-11(19)17-7-12(20)18(14(17)22)10-5-8(15)4-9(16)6-10/h2-6H,7H2,1H3/b3-2+. The van der Waals surface area contributed by atoms with Gasteiger partial charge in [-0.3, -0.25) is 14.5 Å². The molecule has 4 amide bonds. The number of amides is 4. The van der Waals surface area contributed by atoms with E-state index in [0.717, 1.165) is 24.2 Å². The van der Waals surface area contributed by atoms with Crippen molar-refractivity contribution < 1.29 is 23.9 Å². The fourth-order valence-electron chi connectivity index (χ4n) is 1.89. The second-order valence-corrected chi connectivity index (χ2v) is 5.29. The molecule has 7 nitrogen and oxygen atoms in total. The number of rotatable bonds is 3. The molecule has 0 aliphatic carbocycles. The van der Waals surface area contributed by atoms with Crippen molar-refractivity contribution in [1.82, 2.24) is 4.90 Å². The molecule has 1 fully saturated rings. The first-order valence-electron chi connectivity index (χ1n) is 6.24. The summed E-state index contributed by atoms with van der Waals surface area (Å²) in [5.74, 6) is -2.19. The van der Waals surface area contributed by atoms with E-state index >= 15 is 0 Å². The van der Waals surface area contributed by atoms with Crippen molar-refractivity contribution in [2.75, 3.05) is 18.6 Å². The highest BCUT2D eigenvalue weighted by Crippen LogP contribution is 2.28. The summed E-state index contributed by atoms with van der Waals surface area (Å²) in [5, 5.41) is 0.479. The second kappa shape index (κ2) is 6.80. The lowest BCUT2D eigenvalue weighted by atomic mass is 10.3. The minimum Gasteiger partial charge on any atom is -0.466 e. The summed E-state index contributed by atoms with van der Waals surface area (Å²) in [6.07, 6.45) is 1.71. The number of imide groups is 2. The van der Waals surface area contributed by atoms with E-state index < -0.39 is 30.4 Å². The van der Waals surface area contributed by atoms with E-state index in [0.29, 0.717) is 4.90 Å². The average molecular weight is 357 g/mol. The molecule has 2 rings (SSSR count). The van der Waals surface area contributed by atoms with Crippen LogP contribution in [0.25, 0.3) is 0 Å². The minimum atomic E-state index is -0.854. The Kier molecular flexibility index (Phi) is 5.02. The molecule has 0 bridgehead atoms. The summed E-state index contributed by atoms with van der Waals surface area (Å²) < 4.78 is 4.34. The quantitative estimate of drug-likeness (QED) is 0.470. The van der Waals surface area contributed by atoms with Crippen LogP contribution in [0.15, 0.2) is 30.4 Å². The molecule has 120 valence electrons. The topological polar surface area (TPSA) is 84.0 Å². The van der Waals surface area contributed by atoms with Gasteiger partial charge in [-0.05, 0) is 18.2 Å². The number of carbonyl (C=O) groups excluding carboxylic acids is 4. The third-order valence-corrected chi connectivity index (χ3v) is 3.34. The molecular formula is C14H10Cl2N2O5. The van der Waals surface area contributed by atoms with Gasteiger partial charge in [0.15, 0.2) is 0 Å². The molecule has 0 aromatic heterocycles. The van der Waals surface area contributed by atoms with E-state index in [9.17, 15) is 19.2 Å². The summed E-state index contributed by atoms with van der Waals surface area (Å²) >= 11 is 11.7. The molecule has 1 saturated heterocycles. The van der Waals surface area contributed by atoms with E-state index in [-0.39, 0.29) is 15.7 Å². The lowest BCUT2D eigenvalue weighted by Gasteiger charge is -2.15. The molecule has 0 spiro atoms. The molecule has 1 aliphatic heterocycles. The Bertz CT molecular complexity index is 712. The zero-order valence-corrected chi connectivity index (χ0v) is 13.3. The predicted molar refractivity (Wildman–Crippen MR) is 82.2 cm³/mol. The first-order chi connectivity index (χ1) is 10.8. The van der Waals surface area contributed by atoms with Gasteiger partial charge in [-0.25, -0.2) is 14.5 Å². The van der Waals surface area contributed by atoms with Crippen LogP contribution in [-0.2, 0) is 19.1 Å². The molecule has 1 aromatic carbocycles. The van der Waals surface area contributed by atoms with Gasteiger partial charge in [-0.2, -0.15) is 0 Å². The molecule has 0 atom stereocenters. The van der Waals surface area contributed by atoms with E-state index in [2.05, 4.69) is 4.74 Å². The number of carbonyl (C=O) groups is 4. The number of ether oxygens (including phenoxy) is 1. The van der Waals surface area contributed by atoms with Gasteiger partial charge in [0.1, 0.15) is 6.54 Å². The van der Waals surface area contributed by atoms with Crippen molar-refractivity contribution >= 4 is 52.7 Å². The summed E-state index contributed by atoms with van der Waals surface area (Å²) in [6.45, 7) is -0.451. The predicted octanol–water partition coefficient (Wildman–Crippen LogP) is 2.02. The van der Waals surface area contributed by atoms with Gasteiger partial charge in [0.05, 0.1) is 12.8 Å². The van der Waals surface area contributed by atoms with Gasteiger partial charge in [0.2, 0.25) is 0 Å². The normalized spacial score (nSPS) is 14.7. The Morgan fingerprint density at radius 1 is 1.13 bits per heavy atom. The highest BCUT2D eigenvalue weighted by Gasteiger charge is 2.40. The van der Waals surface area contributed by atoms with E-state index in [1.54, 1.807) is 0 Å². The van der Waals surface area contributed by atoms with Crippen LogP contribution in [0.1, 0.15) is 0 Å². The number of nitrogens with zero attached hydrogens (tertiary/aromatic N) is 2. The molecule has 0 radical (unpaired) electrons. The second-order valence-electron chi connectivity index (χ2n) is 4.42. The molecule has 1 aliphatic rings. The Labute approximate surface area is 141 Å². The molecule has 0 N–H and O–H groups in total. The Balaban J connectivity index is 2.24. The number of methoxy groups -OCH3 is 1. The molecule has 0 unspecified atom stereocenters. The number of hydrogen-bond donors (Lipinski definition) is 0. The first-order valence-corrected chi connectivity index (χ1v) is 6.99. The van der Waals surface area contributed by atoms with Crippen LogP contribution in [0.3, 0.4) is 0 Å². The summed E-state index contributed by atoms with van der Waals surface area (Å²) in [7, 11) is 1.15. The maximum atomic E-state index is 12.3. The van der Waals surface area contributed by atoms with Crippen molar-refractivity contribution in [2.24, 2.45) is 0 Å². The lowest BCUT2D eigenvalue weighted by molar-refractivity contribution is -0.135. The zero-order chi connectivity index (χ0) is 17.1. The summed E-state index contributed by atoms with van der Waals surface area (Å²) in [5.41, 5.74) is 0.157. The van der Waals surface area contributed by atoms with Crippen LogP contribution in [0.2, 0.25) is 10.0 Å². The minimum absolute atomic E-state index is 0.157. The highest BCUT2D eigenvalue weighted by atomic mass is 35.5. The van der Waals surface area contributed by atoms with Crippen LogP contribution in [0.4, 0.5) is 10.5 Å². The smallest absolute Gasteiger partial charge is 0.338 e. The average Bonchev–Trinajstić information content (AvgIpc) is 2.78. The van der Waals surface area contributed by atoms with Crippen molar-refractivity contribution in [3.8, 4) is 0 Å². The van der Waals surface area contributed by atoms with E-state index in [1.807, 2.05) is 0 Å². The lowest BCUT2D eigenvalue weighted by Crippen LogP contribution is -2.35. The van der Waals surface area contributed by atoms with Crippen LogP contribution < -0.4 is 4.90 Å². The zero-order valence-electron chi connectivity index (χ0n) is 11.8. The SMILES string of the molecule is COC(=O)/C=C/C(=O)N1CC(=O)N(c2cc(Cl)cc(Cl)c2)C1=O. The fourth-order valence-corrected chi connectivity index (χ4v) is 2.41. The number of halogens is 2. The van der Waals surface area contributed by atoms with Crippen molar-refractivity contribution in [3.63, 3.8) is 0 Å². The van der Waals surface area contributed by atoms with Gasteiger partial charge in [0, 0.05) is 22.2 Å². The van der Waals surface area contributed by atoms with Crippen LogP contribution in [0, 0.1) is 0 Å². The first kappa shape index (κ1) is 17.0. The van der Waals surface area contributed by atoms with Gasteiger partial charge in [0.25, 0.3) is 11.8 Å². The van der Waals surface area contributed by atoms with Gasteiger partial charge in [-0.1, -0.05) is 23.2 Å². The Morgan fingerprint density at radius 2 is 1.74 bits per heavy atom. The van der Waals surface area contributed by atoms with Gasteiger partial charge >= 0.3 is 12.0 Å². The maximum Gasteiger partial charge on any atom is 0.338 e. The highest BCUT2D eigenvalue weighted by molar-refractivity contribution is 6.36. The molecular weight excluding hydrogens is 347 g/mol. The third kappa shape index (κ3) is 3.69. The van der Waals surface area contributed by atoms with E-state index in [4.69, 9.17) is 23.2 Å². The monoisotopic (exact) mass is 356 g/mol.